The summed E-state index contributed by atoms with van der Waals surface area (Å²) < 4.78 is 5.77. The van der Waals surface area contributed by atoms with Crippen LogP contribution in [0.25, 0.3) is 0 Å². The van der Waals surface area contributed by atoms with E-state index in [0.29, 0.717) is 13.1 Å². The quantitative estimate of drug-likeness (QED) is 0.732. The summed E-state index contributed by atoms with van der Waals surface area (Å²) >= 11 is 0. The van der Waals surface area contributed by atoms with Crippen molar-refractivity contribution in [1.82, 2.24) is 10.6 Å². The molecule has 128 valence electrons. The van der Waals surface area contributed by atoms with E-state index in [1.807, 2.05) is 62.4 Å². The molecule has 0 aromatic heterocycles. The number of carbonyl (C=O) groups excluding carboxylic acids is 1. The Morgan fingerprint density at radius 2 is 1.88 bits per heavy atom. The zero-order valence-electron chi connectivity index (χ0n) is 14.1. The normalized spacial score (nSPS) is 11.6. The Balaban J connectivity index is 1.74. The number of urea groups is 1. The Morgan fingerprint density at radius 1 is 1.12 bits per heavy atom. The third-order valence-corrected chi connectivity index (χ3v) is 3.61. The molecule has 0 saturated carbocycles. The number of nitrogens with one attached hydrogen (secondary N) is 2. The summed E-state index contributed by atoms with van der Waals surface area (Å²) in [5.41, 5.74) is 2.85. The number of amides is 2. The zero-order valence-corrected chi connectivity index (χ0v) is 14.1. The highest BCUT2D eigenvalue weighted by Gasteiger charge is 2.08. The van der Waals surface area contributed by atoms with Gasteiger partial charge in [-0.3, -0.25) is 0 Å². The van der Waals surface area contributed by atoms with E-state index in [-0.39, 0.29) is 18.7 Å². The first-order valence-electron chi connectivity index (χ1n) is 8.01. The molecule has 0 heterocycles. The number of aliphatic hydroxyl groups is 1. The molecule has 0 bridgehead atoms. The average molecular weight is 328 g/mol. The molecule has 0 saturated heterocycles. The molecule has 1 unspecified atom stereocenters. The van der Waals surface area contributed by atoms with Crippen molar-refractivity contribution in [3.05, 3.63) is 65.2 Å². The molecule has 1 atom stereocenters. The van der Waals surface area contributed by atoms with E-state index in [1.165, 1.54) is 0 Å². The number of carbonyl (C=O) groups is 1. The van der Waals surface area contributed by atoms with E-state index in [2.05, 4.69) is 10.6 Å². The van der Waals surface area contributed by atoms with Gasteiger partial charge in [0.2, 0.25) is 0 Å². The topological polar surface area (TPSA) is 70.6 Å². The van der Waals surface area contributed by atoms with Crippen LogP contribution in [0.15, 0.2) is 48.5 Å². The molecule has 0 aliphatic heterocycles. The molecular weight excluding hydrogens is 304 g/mol. The molecule has 3 N–H and O–H groups in total. The van der Waals surface area contributed by atoms with Crippen molar-refractivity contribution >= 4 is 6.03 Å². The highest BCUT2D eigenvalue weighted by Crippen LogP contribution is 2.13. The van der Waals surface area contributed by atoms with Gasteiger partial charge in [-0.05, 0) is 42.7 Å². The molecule has 2 aromatic rings. The van der Waals surface area contributed by atoms with E-state index in [0.717, 1.165) is 22.4 Å². The highest BCUT2D eigenvalue weighted by molar-refractivity contribution is 5.73. The zero-order chi connectivity index (χ0) is 17.4. The first-order valence-corrected chi connectivity index (χ1v) is 8.01. The number of aliphatic hydroxyl groups excluding tert-OH is 1. The van der Waals surface area contributed by atoms with Gasteiger partial charge in [-0.15, -0.1) is 0 Å². The van der Waals surface area contributed by atoms with Gasteiger partial charge >= 0.3 is 6.03 Å². The standard InChI is InChI=1S/C19H24N2O3/c1-14-6-5-9-18(10-14)24-15(2)11-20-19(23)21-12-16-7-3-4-8-17(16)13-22/h3-10,15,22H,11-13H2,1-2H3,(H2,20,21,23). The van der Waals surface area contributed by atoms with Crippen molar-refractivity contribution in [2.24, 2.45) is 0 Å². The predicted octanol–water partition coefficient (Wildman–Crippen LogP) is 2.75. The van der Waals surface area contributed by atoms with Crippen molar-refractivity contribution in [3.63, 3.8) is 0 Å². The first-order chi connectivity index (χ1) is 11.6. The fourth-order valence-corrected chi connectivity index (χ4v) is 2.32. The van der Waals surface area contributed by atoms with E-state index in [1.54, 1.807) is 0 Å². The van der Waals surface area contributed by atoms with Crippen LogP contribution < -0.4 is 15.4 Å². The summed E-state index contributed by atoms with van der Waals surface area (Å²) in [6.45, 7) is 4.65. The van der Waals surface area contributed by atoms with Gasteiger partial charge < -0.3 is 20.5 Å². The lowest BCUT2D eigenvalue weighted by Crippen LogP contribution is -2.40. The lowest BCUT2D eigenvalue weighted by molar-refractivity contribution is 0.207. The molecule has 5 heteroatoms. The largest absolute Gasteiger partial charge is 0.489 e. The van der Waals surface area contributed by atoms with Crippen LogP contribution >= 0.6 is 0 Å². The number of benzene rings is 2. The van der Waals surface area contributed by atoms with E-state index < -0.39 is 0 Å². The molecular formula is C19H24N2O3. The highest BCUT2D eigenvalue weighted by atomic mass is 16.5. The molecule has 0 spiro atoms. The van der Waals surface area contributed by atoms with Crippen LogP contribution in [0, 0.1) is 6.92 Å². The summed E-state index contributed by atoms with van der Waals surface area (Å²) in [6.07, 6.45) is -0.137. The second-order valence-electron chi connectivity index (χ2n) is 5.74. The molecule has 2 aromatic carbocycles. The van der Waals surface area contributed by atoms with Gasteiger partial charge in [0.15, 0.2) is 0 Å². The maximum absolute atomic E-state index is 11.9. The van der Waals surface area contributed by atoms with Gasteiger partial charge in [-0.2, -0.15) is 0 Å². The minimum Gasteiger partial charge on any atom is -0.489 e. The van der Waals surface area contributed by atoms with Gasteiger partial charge in [0, 0.05) is 6.54 Å². The van der Waals surface area contributed by atoms with E-state index >= 15 is 0 Å². The SMILES string of the molecule is Cc1cccc(OC(C)CNC(=O)NCc2ccccc2CO)c1. The van der Waals surface area contributed by atoms with Crippen LogP contribution in [0.2, 0.25) is 0 Å². The Hall–Kier alpha value is -2.53. The number of hydrogen-bond acceptors (Lipinski definition) is 3. The van der Waals surface area contributed by atoms with Crippen molar-refractivity contribution in [2.75, 3.05) is 6.54 Å². The number of rotatable bonds is 7. The maximum Gasteiger partial charge on any atom is 0.315 e. The molecule has 0 fully saturated rings. The van der Waals surface area contributed by atoms with Crippen molar-refractivity contribution in [2.45, 2.75) is 33.1 Å². The van der Waals surface area contributed by atoms with Crippen LogP contribution in [-0.4, -0.2) is 23.8 Å². The molecule has 5 nitrogen and oxygen atoms in total. The smallest absolute Gasteiger partial charge is 0.315 e. The van der Waals surface area contributed by atoms with Gasteiger partial charge in [0.25, 0.3) is 0 Å². The Bertz CT molecular complexity index is 673. The second kappa shape index (κ2) is 8.93. The Labute approximate surface area is 142 Å². The van der Waals surface area contributed by atoms with Crippen LogP contribution in [0.1, 0.15) is 23.6 Å². The van der Waals surface area contributed by atoms with Gasteiger partial charge in [0.1, 0.15) is 11.9 Å². The minimum atomic E-state index is -0.262. The summed E-state index contributed by atoms with van der Waals surface area (Å²) in [5.74, 6) is 0.793. The van der Waals surface area contributed by atoms with Crippen LogP contribution in [0.3, 0.4) is 0 Å². The van der Waals surface area contributed by atoms with Gasteiger partial charge in [-0.25, -0.2) is 4.79 Å². The third-order valence-electron chi connectivity index (χ3n) is 3.61. The summed E-state index contributed by atoms with van der Waals surface area (Å²) in [7, 11) is 0. The summed E-state index contributed by atoms with van der Waals surface area (Å²) in [4.78, 5) is 11.9. The van der Waals surface area contributed by atoms with Crippen LogP contribution in [-0.2, 0) is 13.2 Å². The number of hydrogen-bond donors (Lipinski definition) is 3. The fraction of sp³-hybridized carbons (Fsp3) is 0.316. The third kappa shape index (κ3) is 5.59. The monoisotopic (exact) mass is 328 g/mol. The van der Waals surface area contributed by atoms with Crippen molar-refractivity contribution in [3.8, 4) is 5.75 Å². The number of aryl methyl sites for hydroxylation is 1. The molecule has 0 radical (unpaired) electrons. The van der Waals surface area contributed by atoms with E-state index in [4.69, 9.17) is 4.74 Å². The van der Waals surface area contributed by atoms with Gasteiger partial charge in [0.05, 0.1) is 13.2 Å². The minimum absolute atomic E-state index is 0.0408. The Kier molecular flexibility index (Phi) is 6.63. The molecule has 2 amide bonds. The molecule has 0 aliphatic rings. The van der Waals surface area contributed by atoms with Gasteiger partial charge in [-0.1, -0.05) is 36.4 Å². The van der Waals surface area contributed by atoms with Crippen LogP contribution in [0.4, 0.5) is 4.79 Å². The van der Waals surface area contributed by atoms with Crippen LogP contribution in [0.5, 0.6) is 5.75 Å². The lowest BCUT2D eigenvalue weighted by Gasteiger charge is -2.16. The number of ether oxygens (including phenoxy) is 1. The fourth-order valence-electron chi connectivity index (χ4n) is 2.32. The molecule has 2 rings (SSSR count). The van der Waals surface area contributed by atoms with E-state index in [9.17, 15) is 9.90 Å². The predicted molar refractivity (Wildman–Crippen MR) is 93.9 cm³/mol. The second-order valence-corrected chi connectivity index (χ2v) is 5.74. The molecule has 0 aliphatic carbocycles. The average Bonchev–Trinajstić information content (AvgIpc) is 2.58. The van der Waals surface area contributed by atoms with Crippen molar-refractivity contribution in [1.29, 1.82) is 0 Å². The summed E-state index contributed by atoms with van der Waals surface area (Å²) in [5, 5.41) is 14.8. The first kappa shape index (κ1) is 17.8. The molecule has 24 heavy (non-hydrogen) atoms. The van der Waals surface area contributed by atoms with Crippen molar-refractivity contribution < 1.29 is 14.6 Å². The Morgan fingerprint density at radius 3 is 2.58 bits per heavy atom. The summed E-state index contributed by atoms with van der Waals surface area (Å²) in [6, 6.07) is 15.0. The lowest BCUT2D eigenvalue weighted by atomic mass is 10.1. The maximum atomic E-state index is 11.9.